The molecule has 0 aliphatic heterocycles. The average molecular weight is 397 g/mol. The van der Waals surface area contributed by atoms with Gasteiger partial charge in [-0.3, -0.25) is 4.79 Å². The second-order valence-corrected chi connectivity index (χ2v) is 10.6. The molecule has 0 aromatic carbocycles. The van der Waals surface area contributed by atoms with Gasteiger partial charge in [-0.25, -0.2) is 0 Å². The monoisotopic (exact) mass is 396 g/mol. The highest BCUT2D eigenvalue weighted by Crippen LogP contribution is 2.59. The van der Waals surface area contributed by atoms with Crippen molar-refractivity contribution in [2.75, 3.05) is 12.2 Å². The standard InChI is InChI=1S/C22H36O4S/c1-13-7-8-22(25)11-15-9-16(26-12-27-6)10-17(23)21(15,5)19(24)14(2)18(13)20(22,3)4/h14-17,23,25H,7-12H2,1-6H3/t14-,15?,16+,17-,21+,22-/m1/s1. The highest BCUT2D eigenvalue weighted by atomic mass is 32.2. The topological polar surface area (TPSA) is 66.8 Å². The van der Waals surface area contributed by atoms with Crippen LogP contribution in [-0.4, -0.2) is 46.0 Å². The van der Waals surface area contributed by atoms with Crippen LogP contribution in [0.4, 0.5) is 0 Å². The molecule has 0 spiro atoms. The third-order valence-corrected chi connectivity index (χ3v) is 8.52. The zero-order valence-electron chi connectivity index (χ0n) is 17.7. The predicted molar refractivity (Wildman–Crippen MR) is 110 cm³/mol. The Morgan fingerprint density at radius 3 is 2.56 bits per heavy atom. The molecule has 3 aliphatic carbocycles. The maximum absolute atomic E-state index is 13.7. The van der Waals surface area contributed by atoms with Gasteiger partial charge in [-0.2, -0.15) is 0 Å². The van der Waals surface area contributed by atoms with Crippen molar-refractivity contribution in [3.8, 4) is 0 Å². The average Bonchev–Trinajstić information content (AvgIpc) is 2.59. The lowest BCUT2D eigenvalue weighted by Crippen LogP contribution is -2.61. The van der Waals surface area contributed by atoms with Crippen molar-refractivity contribution >= 4 is 17.5 Å². The van der Waals surface area contributed by atoms with E-state index in [1.54, 1.807) is 11.8 Å². The summed E-state index contributed by atoms with van der Waals surface area (Å²) in [4.78, 5) is 13.7. The molecule has 154 valence electrons. The molecule has 2 saturated carbocycles. The maximum atomic E-state index is 13.7. The van der Waals surface area contributed by atoms with Crippen LogP contribution in [0.15, 0.2) is 11.1 Å². The van der Waals surface area contributed by atoms with Crippen molar-refractivity contribution in [1.82, 2.24) is 0 Å². The van der Waals surface area contributed by atoms with Gasteiger partial charge in [0.05, 0.1) is 29.2 Å². The van der Waals surface area contributed by atoms with Crippen LogP contribution in [0.25, 0.3) is 0 Å². The number of ketones is 1. The first-order valence-corrected chi connectivity index (χ1v) is 11.6. The molecule has 0 amide bonds. The second-order valence-electron chi connectivity index (χ2n) is 9.80. The number of aliphatic hydroxyl groups is 2. The molecule has 1 unspecified atom stereocenters. The molecule has 3 aliphatic rings. The molecule has 0 aromatic heterocycles. The predicted octanol–water partition coefficient (Wildman–Crippen LogP) is 3.95. The van der Waals surface area contributed by atoms with Gasteiger partial charge in [-0.1, -0.05) is 31.9 Å². The largest absolute Gasteiger partial charge is 0.392 e. The van der Waals surface area contributed by atoms with Gasteiger partial charge in [0.2, 0.25) is 0 Å². The fourth-order valence-electron chi connectivity index (χ4n) is 6.28. The summed E-state index contributed by atoms with van der Waals surface area (Å²) < 4.78 is 5.94. The first-order valence-electron chi connectivity index (χ1n) is 10.2. The van der Waals surface area contributed by atoms with E-state index in [4.69, 9.17) is 4.74 Å². The van der Waals surface area contributed by atoms with E-state index in [1.165, 1.54) is 5.57 Å². The SMILES string of the molecule is CSCO[C@H]1CC2C[C@]3(O)CCC(C)=C([C@@H](C)C(=O)[C@]2(C)[C@H](O)C1)C3(C)C. The van der Waals surface area contributed by atoms with E-state index < -0.39 is 22.5 Å². The lowest BCUT2D eigenvalue weighted by molar-refractivity contribution is -0.173. The molecule has 0 aromatic rings. The number of fused-ring (bicyclic) bond motifs is 3. The van der Waals surface area contributed by atoms with Crippen LogP contribution in [0.5, 0.6) is 0 Å². The van der Waals surface area contributed by atoms with Crippen molar-refractivity contribution in [2.45, 2.75) is 84.5 Å². The van der Waals surface area contributed by atoms with Crippen molar-refractivity contribution in [3.05, 3.63) is 11.1 Å². The smallest absolute Gasteiger partial charge is 0.148 e. The molecule has 27 heavy (non-hydrogen) atoms. The number of hydrogen-bond donors (Lipinski definition) is 2. The van der Waals surface area contributed by atoms with Gasteiger partial charge in [0.25, 0.3) is 0 Å². The Morgan fingerprint density at radius 1 is 1.26 bits per heavy atom. The van der Waals surface area contributed by atoms with Gasteiger partial charge < -0.3 is 14.9 Å². The summed E-state index contributed by atoms with van der Waals surface area (Å²) in [6, 6.07) is 0. The minimum absolute atomic E-state index is 0.0555. The molecular formula is C22H36O4S. The van der Waals surface area contributed by atoms with Crippen LogP contribution in [0.3, 0.4) is 0 Å². The number of carbonyl (C=O) groups excluding carboxylic acids is 1. The second kappa shape index (κ2) is 7.16. The van der Waals surface area contributed by atoms with E-state index in [9.17, 15) is 15.0 Å². The van der Waals surface area contributed by atoms with Gasteiger partial charge in [-0.15, -0.1) is 11.8 Å². The summed E-state index contributed by atoms with van der Waals surface area (Å²) in [5, 5.41) is 22.9. The zero-order chi connectivity index (χ0) is 20.2. The molecule has 0 saturated heterocycles. The summed E-state index contributed by atoms with van der Waals surface area (Å²) in [6.45, 7) is 10.2. The quantitative estimate of drug-likeness (QED) is 0.559. The molecule has 6 atom stereocenters. The van der Waals surface area contributed by atoms with Gasteiger partial charge in [-0.05, 0) is 51.7 Å². The van der Waals surface area contributed by atoms with Crippen molar-refractivity contribution in [2.24, 2.45) is 22.7 Å². The molecule has 2 bridgehead atoms. The van der Waals surface area contributed by atoms with E-state index in [-0.39, 0.29) is 23.7 Å². The molecular weight excluding hydrogens is 360 g/mol. The van der Waals surface area contributed by atoms with Gasteiger partial charge in [0.15, 0.2) is 0 Å². The number of ether oxygens (including phenoxy) is 1. The van der Waals surface area contributed by atoms with E-state index in [1.807, 2.05) is 20.1 Å². The minimum Gasteiger partial charge on any atom is -0.392 e. The Hall–Kier alpha value is -0.360. The highest BCUT2D eigenvalue weighted by molar-refractivity contribution is 7.98. The van der Waals surface area contributed by atoms with Crippen LogP contribution in [0, 0.1) is 22.7 Å². The van der Waals surface area contributed by atoms with Crippen LogP contribution < -0.4 is 0 Å². The molecule has 2 N–H and O–H groups in total. The number of aliphatic hydroxyl groups excluding tert-OH is 1. The lowest BCUT2D eigenvalue weighted by atomic mass is 9.48. The third-order valence-electron chi connectivity index (χ3n) is 8.15. The Balaban J connectivity index is 2.07. The van der Waals surface area contributed by atoms with Crippen LogP contribution in [-0.2, 0) is 9.53 Å². The normalized spacial score (nSPS) is 44.5. The Kier molecular flexibility index (Phi) is 5.66. The van der Waals surface area contributed by atoms with Gasteiger partial charge in [0.1, 0.15) is 5.78 Å². The Labute approximate surface area is 168 Å². The number of thioether (sulfide) groups is 1. The molecule has 3 rings (SSSR count). The first-order chi connectivity index (χ1) is 12.5. The lowest BCUT2D eigenvalue weighted by Gasteiger charge is -2.58. The molecule has 0 radical (unpaired) electrons. The molecule has 2 fully saturated rings. The van der Waals surface area contributed by atoms with Crippen LogP contribution in [0.2, 0.25) is 0 Å². The van der Waals surface area contributed by atoms with Gasteiger partial charge in [0, 0.05) is 17.8 Å². The number of allylic oxidation sites excluding steroid dienone is 1. The fourth-order valence-corrected chi connectivity index (χ4v) is 6.61. The van der Waals surface area contributed by atoms with E-state index in [0.29, 0.717) is 18.8 Å². The number of rotatable bonds is 3. The van der Waals surface area contributed by atoms with Crippen molar-refractivity contribution in [1.29, 1.82) is 0 Å². The summed E-state index contributed by atoms with van der Waals surface area (Å²) in [6.07, 6.45) is 4.52. The number of Topliss-reactive ketones (excluding diaryl/α,β-unsaturated/α-hetero) is 1. The first kappa shape index (κ1) is 21.4. The summed E-state index contributed by atoms with van der Waals surface area (Å²) in [5.41, 5.74) is 0.201. The molecule has 4 nitrogen and oxygen atoms in total. The van der Waals surface area contributed by atoms with E-state index in [0.717, 1.165) is 24.8 Å². The van der Waals surface area contributed by atoms with Crippen LogP contribution >= 0.6 is 11.8 Å². The van der Waals surface area contributed by atoms with Crippen molar-refractivity contribution < 1.29 is 19.7 Å². The number of carbonyl (C=O) groups is 1. The fraction of sp³-hybridized carbons (Fsp3) is 0.864. The zero-order valence-corrected chi connectivity index (χ0v) is 18.5. The highest BCUT2D eigenvalue weighted by Gasteiger charge is 2.61. The maximum Gasteiger partial charge on any atom is 0.148 e. The van der Waals surface area contributed by atoms with Crippen molar-refractivity contribution in [3.63, 3.8) is 0 Å². The summed E-state index contributed by atoms with van der Waals surface area (Å²) in [5.74, 6) is 0.368. The number of hydrogen-bond acceptors (Lipinski definition) is 5. The minimum atomic E-state index is -0.857. The Morgan fingerprint density at radius 2 is 1.93 bits per heavy atom. The Bertz CT molecular complexity index is 642. The van der Waals surface area contributed by atoms with E-state index in [2.05, 4.69) is 20.8 Å². The molecule has 5 heteroatoms. The summed E-state index contributed by atoms with van der Waals surface area (Å²) in [7, 11) is 0. The van der Waals surface area contributed by atoms with Gasteiger partial charge >= 0.3 is 0 Å². The summed E-state index contributed by atoms with van der Waals surface area (Å²) >= 11 is 1.62. The third kappa shape index (κ3) is 3.13. The van der Waals surface area contributed by atoms with E-state index >= 15 is 0 Å². The molecule has 0 heterocycles. The van der Waals surface area contributed by atoms with Crippen LogP contribution in [0.1, 0.15) is 66.7 Å².